The smallest absolute Gasteiger partial charge is 0.244 e. The van der Waals surface area contributed by atoms with E-state index in [1.54, 1.807) is 11.9 Å². The van der Waals surface area contributed by atoms with Gasteiger partial charge in [0, 0.05) is 7.05 Å². The van der Waals surface area contributed by atoms with E-state index in [0.29, 0.717) is 12.4 Å². The van der Waals surface area contributed by atoms with Crippen molar-refractivity contribution in [3.63, 3.8) is 0 Å². The lowest BCUT2D eigenvalue weighted by Crippen LogP contribution is -2.41. The Morgan fingerprint density at radius 1 is 1.70 bits per heavy atom. The van der Waals surface area contributed by atoms with Crippen molar-refractivity contribution in [2.45, 2.75) is 0 Å². The zero-order valence-electron chi connectivity index (χ0n) is 5.70. The largest absolute Gasteiger partial charge is 0.386 e. The zero-order chi connectivity index (χ0) is 6.85. The Morgan fingerprint density at radius 3 is 2.70 bits per heavy atom. The molecule has 0 fully saturated rings. The van der Waals surface area contributed by atoms with Crippen LogP contribution in [0.1, 0.15) is 0 Å². The van der Waals surface area contributed by atoms with E-state index in [1.807, 2.05) is 0 Å². The van der Waals surface area contributed by atoms with E-state index in [0.717, 1.165) is 0 Å². The highest BCUT2D eigenvalue weighted by molar-refractivity contribution is 5.92. The van der Waals surface area contributed by atoms with Crippen LogP contribution in [0.25, 0.3) is 0 Å². The number of amides is 1. The molecule has 1 rings (SSSR count). The predicted octanol–water partition coefficient (Wildman–Crippen LogP) is -0.763. The Kier molecular flexibility index (Phi) is 3.15. The van der Waals surface area contributed by atoms with Gasteiger partial charge in [-0.15, -0.1) is 12.4 Å². The average Bonchev–Trinajstić information content (AvgIpc) is 1.80. The number of halogens is 1. The fourth-order valence-electron chi connectivity index (χ4n) is 0.671. The van der Waals surface area contributed by atoms with Crippen LogP contribution in [0.2, 0.25) is 0 Å². The summed E-state index contributed by atoms with van der Waals surface area (Å²) in [6.45, 7) is 0.682. The van der Waals surface area contributed by atoms with E-state index in [2.05, 4.69) is 4.99 Å². The van der Waals surface area contributed by atoms with E-state index in [4.69, 9.17) is 5.73 Å². The number of hydrogen-bond donors (Lipinski definition) is 1. The minimum absolute atomic E-state index is 0. The second kappa shape index (κ2) is 3.41. The molecule has 0 unspecified atom stereocenters. The van der Waals surface area contributed by atoms with Crippen LogP contribution in [0.5, 0.6) is 0 Å². The monoisotopic (exact) mass is 163 g/mol. The third kappa shape index (κ3) is 1.88. The highest BCUT2D eigenvalue weighted by Crippen LogP contribution is 1.91. The zero-order valence-corrected chi connectivity index (χ0v) is 6.52. The predicted molar refractivity (Wildman–Crippen MR) is 41.4 cm³/mol. The fourth-order valence-corrected chi connectivity index (χ4v) is 0.671. The summed E-state index contributed by atoms with van der Waals surface area (Å²) < 4.78 is 0. The van der Waals surface area contributed by atoms with Crippen LogP contribution in [-0.4, -0.2) is 36.8 Å². The maximum Gasteiger partial charge on any atom is 0.244 e. The van der Waals surface area contributed by atoms with Gasteiger partial charge in [-0.05, 0) is 0 Å². The van der Waals surface area contributed by atoms with Gasteiger partial charge in [-0.2, -0.15) is 0 Å². The number of carbonyl (C=O) groups is 1. The first-order chi connectivity index (χ1) is 4.20. The molecule has 0 aromatic rings. The van der Waals surface area contributed by atoms with Gasteiger partial charge in [0.25, 0.3) is 0 Å². The number of nitrogens with two attached hydrogens (primary N) is 1. The molecular formula is C5H10ClN3O. The van der Waals surface area contributed by atoms with Crippen LogP contribution in [0, 0.1) is 0 Å². The molecule has 1 amide bonds. The first-order valence-corrected chi connectivity index (χ1v) is 2.73. The van der Waals surface area contributed by atoms with Crippen molar-refractivity contribution in [1.82, 2.24) is 4.90 Å². The van der Waals surface area contributed by atoms with Gasteiger partial charge in [0.05, 0.1) is 6.54 Å². The summed E-state index contributed by atoms with van der Waals surface area (Å²) in [5.74, 6) is 0.571. The molecule has 0 saturated heterocycles. The fraction of sp³-hybridized carbons (Fsp3) is 0.600. The summed E-state index contributed by atoms with van der Waals surface area (Å²) in [6, 6.07) is 0. The van der Waals surface area contributed by atoms with Gasteiger partial charge in [0.2, 0.25) is 5.91 Å². The minimum Gasteiger partial charge on any atom is -0.386 e. The Balaban J connectivity index is 0.000000810. The van der Waals surface area contributed by atoms with Gasteiger partial charge in [0.1, 0.15) is 12.4 Å². The quantitative estimate of drug-likeness (QED) is 0.510. The van der Waals surface area contributed by atoms with Gasteiger partial charge < -0.3 is 10.6 Å². The summed E-state index contributed by atoms with van der Waals surface area (Å²) >= 11 is 0. The minimum atomic E-state index is 0. The molecule has 0 radical (unpaired) electrons. The topological polar surface area (TPSA) is 58.7 Å². The lowest BCUT2D eigenvalue weighted by molar-refractivity contribution is -0.128. The number of rotatable bonds is 0. The van der Waals surface area contributed by atoms with Crippen LogP contribution in [-0.2, 0) is 4.79 Å². The van der Waals surface area contributed by atoms with Crippen molar-refractivity contribution < 1.29 is 4.79 Å². The molecule has 1 aliphatic rings. The molecule has 0 aromatic carbocycles. The lowest BCUT2D eigenvalue weighted by Gasteiger charge is -2.19. The molecule has 10 heavy (non-hydrogen) atoms. The van der Waals surface area contributed by atoms with Crippen molar-refractivity contribution >= 4 is 24.1 Å². The Labute approximate surface area is 65.5 Å². The third-order valence-corrected chi connectivity index (χ3v) is 1.24. The van der Waals surface area contributed by atoms with Crippen LogP contribution in [0.15, 0.2) is 4.99 Å². The van der Waals surface area contributed by atoms with Gasteiger partial charge in [-0.3, -0.25) is 9.79 Å². The maximum atomic E-state index is 10.7. The number of nitrogens with zero attached hydrogens (tertiary/aromatic N) is 2. The van der Waals surface area contributed by atoms with Crippen LogP contribution < -0.4 is 5.73 Å². The number of amidine groups is 1. The average molecular weight is 164 g/mol. The molecule has 0 bridgehead atoms. The number of aliphatic imine (C=N–C) groups is 1. The van der Waals surface area contributed by atoms with Crippen LogP contribution >= 0.6 is 12.4 Å². The summed E-state index contributed by atoms with van der Waals surface area (Å²) in [5.41, 5.74) is 5.34. The standard InChI is InChI=1S/C5H9N3O.ClH/c1-8-3-4(6)7-2-5(8)9;/h2-3H2,1H3,(H2,6,7);1H. The summed E-state index contributed by atoms with van der Waals surface area (Å²) in [5, 5.41) is 0. The van der Waals surface area contributed by atoms with E-state index < -0.39 is 0 Å². The molecule has 0 atom stereocenters. The van der Waals surface area contributed by atoms with Crippen molar-refractivity contribution in [2.24, 2.45) is 10.7 Å². The second-order valence-corrected chi connectivity index (χ2v) is 2.06. The van der Waals surface area contributed by atoms with Crippen molar-refractivity contribution in [2.75, 3.05) is 20.1 Å². The van der Waals surface area contributed by atoms with Gasteiger partial charge >= 0.3 is 0 Å². The first-order valence-electron chi connectivity index (χ1n) is 2.73. The van der Waals surface area contributed by atoms with E-state index >= 15 is 0 Å². The molecule has 58 valence electrons. The molecule has 2 N–H and O–H groups in total. The molecule has 1 aliphatic heterocycles. The van der Waals surface area contributed by atoms with Crippen molar-refractivity contribution in [3.05, 3.63) is 0 Å². The van der Waals surface area contributed by atoms with Crippen molar-refractivity contribution in [1.29, 1.82) is 0 Å². The maximum absolute atomic E-state index is 10.7. The van der Waals surface area contributed by atoms with Crippen molar-refractivity contribution in [3.8, 4) is 0 Å². The molecular weight excluding hydrogens is 154 g/mol. The third-order valence-electron chi connectivity index (χ3n) is 1.24. The van der Waals surface area contributed by atoms with E-state index in [-0.39, 0.29) is 24.9 Å². The number of hydrogen-bond acceptors (Lipinski definition) is 3. The molecule has 0 spiro atoms. The van der Waals surface area contributed by atoms with Crippen LogP contribution in [0.4, 0.5) is 0 Å². The Morgan fingerprint density at radius 2 is 2.30 bits per heavy atom. The van der Waals surface area contributed by atoms with E-state index in [9.17, 15) is 4.79 Å². The first kappa shape index (κ1) is 9.23. The molecule has 0 saturated carbocycles. The molecule has 5 heteroatoms. The highest BCUT2D eigenvalue weighted by Gasteiger charge is 2.13. The second-order valence-electron chi connectivity index (χ2n) is 2.06. The SMILES string of the molecule is CN1CC(N)=NCC1=O.Cl. The van der Waals surface area contributed by atoms with Gasteiger partial charge in [0.15, 0.2) is 0 Å². The summed E-state index contributed by atoms with van der Waals surface area (Å²) in [7, 11) is 1.71. The normalized spacial score (nSPS) is 17.9. The Hall–Kier alpha value is -0.770. The van der Waals surface area contributed by atoms with Gasteiger partial charge in [-0.25, -0.2) is 0 Å². The summed E-state index contributed by atoms with van der Waals surface area (Å²) in [4.78, 5) is 16.0. The highest BCUT2D eigenvalue weighted by atomic mass is 35.5. The molecule has 0 aliphatic carbocycles. The van der Waals surface area contributed by atoms with Crippen LogP contribution in [0.3, 0.4) is 0 Å². The molecule has 0 aromatic heterocycles. The van der Waals surface area contributed by atoms with Gasteiger partial charge in [-0.1, -0.05) is 0 Å². The Bertz CT molecular complexity index is 168. The van der Waals surface area contributed by atoms with E-state index in [1.165, 1.54) is 0 Å². The molecule has 4 nitrogen and oxygen atoms in total. The lowest BCUT2D eigenvalue weighted by atomic mass is 10.4. The summed E-state index contributed by atoms with van der Waals surface area (Å²) in [6.07, 6.45) is 0. The molecule has 1 heterocycles. The number of likely N-dealkylation sites (N-methyl/N-ethyl adjacent to an activating group) is 1. The number of carbonyl (C=O) groups excluding carboxylic acids is 1.